The van der Waals surface area contributed by atoms with Gasteiger partial charge in [-0.25, -0.2) is 0 Å². The summed E-state index contributed by atoms with van der Waals surface area (Å²) in [5.74, 6) is 0.0987. The van der Waals surface area contributed by atoms with E-state index < -0.39 is 0 Å². The molecule has 138 valence electrons. The Morgan fingerprint density at radius 3 is 2.85 bits per heavy atom. The normalized spacial score (nSPS) is 18.6. The molecule has 0 aliphatic carbocycles. The summed E-state index contributed by atoms with van der Waals surface area (Å²) < 4.78 is 6.21. The van der Waals surface area contributed by atoms with Gasteiger partial charge in [-0.3, -0.25) is 9.59 Å². The molecule has 2 aliphatic rings. The van der Waals surface area contributed by atoms with Crippen LogP contribution in [0.3, 0.4) is 0 Å². The van der Waals surface area contributed by atoms with Gasteiger partial charge in [0, 0.05) is 37.9 Å². The lowest BCUT2D eigenvalue weighted by atomic mass is 9.82. The van der Waals surface area contributed by atoms with Crippen LogP contribution in [0, 0.1) is 0 Å². The van der Waals surface area contributed by atoms with E-state index in [1.807, 2.05) is 27.8 Å². The summed E-state index contributed by atoms with van der Waals surface area (Å²) in [7, 11) is 0. The highest BCUT2D eigenvalue weighted by Crippen LogP contribution is 2.44. The lowest BCUT2D eigenvalue weighted by Gasteiger charge is -2.43. The minimum Gasteiger partial charge on any atom is -0.370 e. The minimum absolute atomic E-state index is 0.0214. The number of nitrogens with one attached hydrogen (secondary N) is 1. The second kappa shape index (κ2) is 7.13. The first-order chi connectivity index (χ1) is 12.6. The third-order valence-electron chi connectivity index (χ3n) is 5.28. The number of hydrogen-bond acceptors (Lipinski definition) is 5. The summed E-state index contributed by atoms with van der Waals surface area (Å²) in [5.41, 5.74) is 1.96. The molecule has 2 amide bonds. The second-order valence-corrected chi connectivity index (χ2v) is 8.78. The fraction of sp³-hybridized carbons (Fsp3) is 0.474. The predicted molar refractivity (Wildman–Crippen MR) is 103 cm³/mol. The van der Waals surface area contributed by atoms with Crippen LogP contribution in [0.2, 0.25) is 0 Å². The van der Waals surface area contributed by atoms with Crippen LogP contribution in [0.4, 0.5) is 0 Å². The zero-order valence-electron chi connectivity index (χ0n) is 14.7. The summed E-state index contributed by atoms with van der Waals surface area (Å²) in [6.07, 6.45) is 2.45. The van der Waals surface area contributed by atoms with Crippen LogP contribution in [0.1, 0.15) is 45.4 Å². The molecule has 2 aliphatic heterocycles. The van der Waals surface area contributed by atoms with Crippen molar-refractivity contribution >= 4 is 34.5 Å². The summed E-state index contributed by atoms with van der Waals surface area (Å²) in [4.78, 5) is 28.1. The highest BCUT2D eigenvalue weighted by molar-refractivity contribution is 7.14. The van der Waals surface area contributed by atoms with E-state index in [2.05, 4.69) is 5.32 Å². The molecule has 1 saturated heterocycles. The maximum atomic E-state index is 12.6. The van der Waals surface area contributed by atoms with Crippen molar-refractivity contribution in [1.82, 2.24) is 10.2 Å². The first-order valence-electron chi connectivity index (χ1n) is 8.89. The fourth-order valence-corrected chi connectivity index (χ4v) is 5.60. The number of piperidine rings is 1. The van der Waals surface area contributed by atoms with Gasteiger partial charge in [-0.2, -0.15) is 11.3 Å². The summed E-state index contributed by atoms with van der Waals surface area (Å²) in [6, 6.07) is 4.04. The van der Waals surface area contributed by atoms with Crippen LogP contribution in [-0.2, 0) is 28.1 Å². The third-order valence-corrected chi connectivity index (χ3v) is 7.21. The maximum Gasteiger partial charge on any atom is 0.261 e. The lowest BCUT2D eigenvalue weighted by Crippen LogP contribution is -2.47. The Bertz CT molecular complexity index is 805. The van der Waals surface area contributed by atoms with Crippen LogP contribution in [-0.4, -0.2) is 36.4 Å². The van der Waals surface area contributed by atoms with Gasteiger partial charge >= 0.3 is 0 Å². The smallest absolute Gasteiger partial charge is 0.261 e. The molecule has 0 radical (unpaired) electrons. The number of ether oxygens (including phenoxy) is 1. The van der Waals surface area contributed by atoms with Crippen molar-refractivity contribution in [3.63, 3.8) is 0 Å². The number of nitrogens with zero attached hydrogens (tertiary/aromatic N) is 1. The Kier molecular flexibility index (Phi) is 4.86. The molecule has 0 aromatic carbocycles. The van der Waals surface area contributed by atoms with E-state index in [4.69, 9.17) is 4.74 Å². The van der Waals surface area contributed by atoms with E-state index in [1.165, 1.54) is 4.88 Å². The summed E-state index contributed by atoms with van der Waals surface area (Å²) in [6.45, 7) is 4.28. The maximum absolute atomic E-state index is 12.6. The number of thiophene rings is 2. The quantitative estimate of drug-likeness (QED) is 0.876. The molecule has 2 aromatic heterocycles. The molecular formula is C19H22N2O3S2. The zero-order valence-corrected chi connectivity index (χ0v) is 16.4. The van der Waals surface area contributed by atoms with E-state index in [-0.39, 0.29) is 17.4 Å². The van der Waals surface area contributed by atoms with E-state index in [0.29, 0.717) is 26.2 Å². The summed E-state index contributed by atoms with van der Waals surface area (Å²) >= 11 is 3.22. The molecule has 0 saturated carbocycles. The molecule has 2 aromatic rings. The number of amides is 2. The molecule has 1 spiro atoms. The minimum atomic E-state index is -0.331. The number of carbonyl (C=O) groups excluding carboxylic acids is 2. The fourth-order valence-electron chi connectivity index (χ4n) is 3.79. The highest BCUT2D eigenvalue weighted by atomic mass is 32.1. The van der Waals surface area contributed by atoms with Gasteiger partial charge in [0.15, 0.2) is 0 Å². The largest absolute Gasteiger partial charge is 0.370 e. The highest BCUT2D eigenvalue weighted by Gasteiger charge is 2.42. The molecule has 5 nitrogen and oxygen atoms in total. The Hall–Kier alpha value is -1.70. The lowest BCUT2D eigenvalue weighted by molar-refractivity contribution is -0.138. The van der Waals surface area contributed by atoms with Crippen molar-refractivity contribution in [3.8, 4) is 0 Å². The number of carbonyl (C=O) groups is 2. The van der Waals surface area contributed by atoms with Crippen molar-refractivity contribution in [2.75, 3.05) is 19.7 Å². The van der Waals surface area contributed by atoms with Gasteiger partial charge in [0.25, 0.3) is 5.91 Å². The Morgan fingerprint density at radius 2 is 2.15 bits per heavy atom. The molecule has 4 rings (SSSR count). The van der Waals surface area contributed by atoms with E-state index in [1.54, 1.807) is 29.6 Å². The van der Waals surface area contributed by atoms with Crippen LogP contribution in [0.15, 0.2) is 22.9 Å². The van der Waals surface area contributed by atoms with Gasteiger partial charge in [-0.1, -0.05) is 0 Å². The zero-order chi connectivity index (χ0) is 18.1. The van der Waals surface area contributed by atoms with Gasteiger partial charge < -0.3 is 15.0 Å². The van der Waals surface area contributed by atoms with Crippen molar-refractivity contribution in [2.45, 2.75) is 38.3 Å². The Labute approximate surface area is 161 Å². The topological polar surface area (TPSA) is 58.6 Å². The number of rotatable bonds is 3. The predicted octanol–water partition coefficient (Wildman–Crippen LogP) is 3.15. The first-order valence-corrected chi connectivity index (χ1v) is 10.7. The van der Waals surface area contributed by atoms with Crippen LogP contribution >= 0.6 is 22.7 Å². The Balaban J connectivity index is 1.50. The van der Waals surface area contributed by atoms with E-state index >= 15 is 0 Å². The average molecular weight is 391 g/mol. The Morgan fingerprint density at radius 1 is 1.35 bits per heavy atom. The molecule has 0 bridgehead atoms. The van der Waals surface area contributed by atoms with Gasteiger partial charge in [0.1, 0.15) is 0 Å². The molecule has 1 N–H and O–H groups in total. The molecule has 7 heteroatoms. The van der Waals surface area contributed by atoms with Crippen LogP contribution in [0.5, 0.6) is 0 Å². The molecular weight excluding hydrogens is 368 g/mol. The van der Waals surface area contributed by atoms with Gasteiger partial charge in [0.2, 0.25) is 5.91 Å². The number of fused-ring (bicyclic) bond motifs is 2. The summed E-state index contributed by atoms with van der Waals surface area (Å²) in [5, 5.41) is 7.07. The molecule has 0 unspecified atom stereocenters. The standard InChI is InChI=1S/C19H22N2O3S2/c1-13(22)21-6-4-19(5-7-21)15-10-17(26-16(15)2-8-24-19)18(23)20-11-14-3-9-25-12-14/h3,9-10,12H,2,4-8,11H2,1H3,(H,20,23). The van der Waals surface area contributed by atoms with Crippen LogP contribution < -0.4 is 5.32 Å². The van der Waals surface area contributed by atoms with Gasteiger partial charge in [-0.05, 0) is 46.9 Å². The number of likely N-dealkylation sites (tertiary alicyclic amines) is 1. The monoisotopic (exact) mass is 390 g/mol. The number of hydrogen-bond donors (Lipinski definition) is 1. The van der Waals surface area contributed by atoms with Gasteiger partial charge in [0.05, 0.1) is 17.1 Å². The SMILES string of the molecule is CC(=O)N1CCC2(CC1)OCCc1sc(C(=O)NCc3ccsc3)cc12. The third kappa shape index (κ3) is 3.31. The van der Waals surface area contributed by atoms with Crippen molar-refractivity contribution < 1.29 is 14.3 Å². The molecule has 4 heterocycles. The van der Waals surface area contributed by atoms with Crippen molar-refractivity contribution in [1.29, 1.82) is 0 Å². The van der Waals surface area contributed by atoms with Crippen molar-refractivity contribution in [3.05, 3.63) is 43.8 Å². The second-order valence-electron chi connectivity index (χ2n) is 6.86. The van der Waals surface area contributed by atoms with E-state index in [9.17, 15) is 9.59 Å². The van der Waals surface area contributed by atoms with Crippen LogP contribution in [0.25, 0.3) is 0 Å². The molecule has 1 fully saturated rings. The van der Waals surface area contributed by atoms with E-state index in [0.717, 1.165) is 35.3 Å². The van der Waals surface area contributed by atoms with Crippen molar-refractivity contribution in [2.24, 2.45) is 0 Å². The molecule has 26 heavy (non-hydrogen) atoms. The first kappa shape index (κ1) is 17.7. The average Bonchev–Trinajstić information content (AvgIpc) is 3.30. The molecule has 0 atom stereocenters. The van der Waals surface area contributed by atoms with Gasteiger partial charge in [-0.15, -0.1) is 11.3 Å².